The van der Waals surface area contributed by atoms with Crippen molar-refractivity contribution in [1.29, 1.82) is 0 Å². The summed E-state index contributed by atoms with van der Waals surface area (Å²) in [6, 6.07) is 62.3. The van der Waals surface area contributed by atoms with Gasteiger partial charge in [-0.05, 0) is 101 Å². The van der Waals surface area contributed by atoms with Crippen LogP contribution in [0.5, 0.6) is 11.5 Å². The minimum Gasteiger partial charge on any atom is -0.454 e. The van der Waals surface area contributed by atoms with E-state index < -0.39 is 0 Å². The largest absolute Gasteiger partial charge is 0.454 e. The first-order valence-corrected chi connectivity index (χ1v) is 17.4. The van der Waals surface area contributed by atoms with Gasteiger partial charge in [0.1, 0.15) is 11.3 Å². The van der Waals surface area contributed by atoms with Crippen molar-refractivity contribution in [2.24, 2.45) is 0 Å². The standard InChI is InChI=1S/C46H29BN2O2/c1-4-14-32(15-5-1)48(33-16-6-2-7-17-33)35-25-24-30-27-36-37-29-41-44-46(45(37)51-43(36)28-31(30)26-35)50-42-23-13-11-21-39(42)47(44)38-20-10-12-22-40(38)49(41)34-18-8-3-9-19-34/h1-29H. The molecule has 9 aromatic rings. The van der Waals surface area contributed by atoms with E-state index in [2.05, 4.69) is 180 Å². The van der Waals surface area contributed by atoms with E-state index >= 15 is 0 Å². The first-order chi connectivity index (χ1) is 25.3. The van der Waals surface area contributed by atoms with E-state index in [1.807, 2.05) is 6.07 Å². The van der Waals surface area contributed by atoms with Gasteiger partial charge in [-0.1, -0.05) is 97.1 Å². The normalized spacial score (nSPS) is 12.8. The Balaban J connectivity index is 1.16. The number of ether oxygens (including phenoxy) is 1. The van der Waals surface area contributed by atoms with Gasteiger partial charge in [0.2, 0.25) is 0 Å². The third-order valence-corrected chi connectivity index (χ3v) is 10.4. The van der Waals surface area contributed by atoms with Crippen molar-refractivity contribution in [3.05, 3.63) is 176 Å². The zero-order valence-corrected chi connectivity index (χ0v) is 27.5. The fourth-order valence-electron chi connectivity index (χ4n) is 8.24. The predicted molar refractivity (Wildman–Crippen MR) is 212 cm³/mol. The Labute approximate surface area is 295 Å². The number of furan rings is 1. The Morgan fingerprint density at radius 3 is 1.92 bits per heavy atom. The monoisotopic (exact) mass is 652 g/mol. The van der Waals surface area contributed by atoms with E-state index in [0.717, 1.165) is 78.1 Å². The number of anilines is 6. The van der Waals surface area contributed by atoms with E-state index in [-0.39, 0.29) is 6.71 Å². The van der Waals surface area contributed by atoms with Gasteiger partial charge >= 0.3 is 0 Å². The minimum atomic E-state index is 0.0114. The van der Waals surface area contributed by atoms with Crippen LogP contribution in [0, 0.1) is 0 Å². The highest BCUT2D eigenvalue weighted by atomic mass is 16.5. The molecule has 3 heterocycles. The number of nitrogens with zero attached hydrogens (tertiary/aromatic N) is 2. The number of fused-ring (bicyclic) bond motifs is 9. The lowest BCUT2D eigenvalue weighted by atomic mass is 9.34. The molecule has 0 atom stereocenters. The summed E-state index contributed by atoms with van der Waals surface area (Å²) in [7, 11) is 0. The quantitative estimate of drug-likeness (QED) is 0.177. The summed E-state index contributed by atoms with van der Waals surface area (Å²) in [5.41, 5.74) is 11.9. The van der Waals surface area contributed by atoms with Crippen molar-refractivity contribution in [3.63, 3.8) is 0 Å². The van der Waals surface area contributed by atoms with Crippen molar-refractivity contribution in [1.82, 2.24) is 0 Å². The van der Waals surface area contributed by atoms with Crippen LogP contribution in [-0.4, -0.2) is 6.71 Å². The second kappa shape index (κ2) is 10.9. The number of hydrogen-bond donors (Lipinski definition) is 0. The third kappa shape index (κ3) is 4.22. The molecule has 0 N–H and O–H groups in total. The lowest BCUT2D eigenvalue weighted by Crippen LogP contribution is -2.59. The molecule has 1 aromatic heterocycles. The van der Waals surface area contributed by atoms with Crippen LogP contribution in [0.1, 0.15) is 0 Å². The molecule has 2 aliphatic heterocycles. The summed E-state index contributed by atoms with van der Waals surface area (Å²) in [4.78, 5) is 4.68. The van der Waals surface area contributed by atoms with Crippen LogP contribution in [0.4, 0.5) is 34.1 Å². The van der Waals surface area contributed by atoms with Gasteiger partial charge in [-0.3, -0.25) is 0 Å². The molecule has 0 radical (unpaired) electrons. The number of rotatable bonds is 4. The Bertz CT molecular complexity index is 2760. The van der Waals surface area contributed by atoms with Crippen LogP contribution < -0.4 is 30.9 Å². The number of benzene rings is 8. The molecule has 238 valence electrons. The molecule has 0 spiro atoms. The summed E-state index contributed by atoms with van der Waals surface area (Å²) in [5.74, 6) is 1.66. The zero-order chi connectivity index (χ0) is 33.5. The van der Waals surface area contributed by atoms with E-state index in [9.17, 15) is 0 Å². The maximum absolute atomic E-state index is 6.89. The van der Waals surface area contributed by atoms with Gasteiger partial charge < -0.3 is 19.0 Å². The maximum Gasteiger partial charge on any atom is 0.256 e. The molecule has 4 nitrogen and oxygen atoms in total. The third-order valence-electron chi connectivity index (χ3n) is 10.4. The van der Waals surface area contributed by atoms with Crippen molar-refractivity contribution in [2.75, 3.05) is 9.80 Å². The Hall–Kier alpha value is -6.72. The highest BCUT2D eigenvalue weighted by molar-refractivity contribution is 6.99. The summed E-state index contributed by atoms with van der Waals surface area (Å²) in [5, 5.41) is 4.36. The van der Waals surface area contributed by atoms with E-state index in [1.54, 1.807) is 0 Å². The van der Waals surface area contributed by atoms with Crippen molar-refractivity contribution in [2.45, 2.75) is 0 Å². The smallest absolute Gasteiger partial charge is 0.256 e. The van der Waals surface area contributed by atoms with Crippen LogP contribution in [0.15, 0.2) is 180 Å². The summed E-state index contributed by atoms with van der Waals surface area (Å²) in [6.45, 7) is 0.0114. The van der Waals surface area contributed by atoms with Gasteiger partial charge in [0, 0.05) is 50.4 Å². The van der Waals surface area contributed by atoms with Crippen LogP contribution in [0.2, 0.25) is 0 Å². The number of para-hydroxylation sites is 5. The molecular weight excluding hydrogens is 623 g/mol. The highest BCUT2D eigenvalue weighted by Gasteiger charge is 2.43. The van der Waals surface area contributed by atoms with Gasteiger partial charge in [0.25, 0.3) is 6.71 Å². The highest BCUT2D eigenvalue weighted by Crippen LogP contribution is 2.47. The molecule has 0 saturated heterocycles. The average molecular weight is 653 g/mol. The lowest BCUT2D eigenvalue weighted by Gasteiger charge is -2.39. The molecular formula is C46H29BN2O2. The summed E-state index contributed by atoms with van der Waals surface area (Å²) in [6.07, 6.45) is 0. The molecule has 0 unspecified atom stereocenters. The summed E-state index contributed by atoms with van der Waals surface area (Å²) >= 11 is 0. The average Bonchev–Trinajstić information content (AvgIpc) is 3.55. The molecule has 51 heavy (non-hydrogen) atoms. The fourth-order valence-corrected chi connectivity index (χ4v) is 8.24. The van der Waals surface area contributed by atoms with Crippen molar-refractivity contribution >= 4 is 89.9 Å². The molecule has 0 aliphatic carbocycles. The summed E-state index contributed by atoms with van der Waals surface area (Å²) < 4.78 is 13.8. The second-order valence-electron chi connectivity index (χ2n) is 13.3. The van der Waals surface area contributed by atoms with Crippen LogP contribution >= 0.6 is 0 Å². The Morgan fingerprint density at radius 1 is 0.490 bits per heavy atom. The molecule has 11 rings (SSSR count). The lowest BCUT2D eigenvalue weighted by molar-refractivity contribution is 0.481. The Kier molecular flexibility index (Phi) is 6.01. The molecule has 8 aromatic carbocycles. The van der Waals surface area contributed by atoms with E-state index in [1.165, 1.54) is 16.6 Å². The van der Waals surface area contributed by atoms with Gasteiger partial charge in [-0.2, -0.15) is 0 Å². The topological polar surface area (TPSA) is 28.9 Å². The molecule has 5 heteroatoms. The zero-order valence-electron chi connectivity index (χ0n) is 27.5. The molecule has 2 aliphatic rings. The van der Waals surface area contributed by atoms with E-state index in [4.69, 9.17) is 9.15 Å². The predicted octanol–water partition coefficient (Wildman–Crippen LogP) is 10.6. The van der Waals surface area contributed by atoms with Crippen molar-refractivity contribution < 1.29 is 9.15 Å². The van der Waals surface area contributed by atoms with Gasteiger partial charge in [0.15, 0.2) is 11.3 Å². The van der Waals surface area contributed by atoms with Gasteiger partial charge in [0.05, 0.1) is 0 Å². The fraction of sp³-hybridized carbons (Fsp3) is 0. The Morgan fingerprint density at radius 2 is 1.16 bits per heavy atom. The number of hydrogen-bond acceptors (Lipinski definition) is 4. The molecule has 0 saturated carbocycles. The van der Waals surface area contributed by atoms with Crippen LogP contribution in [0.3, 0.4) is 0 Å². The SMILES string of the molecule is c1ccc(N(c2ccccc2)c2ccc3cc4c(cc3c2)oc2c3c5c(cc24)N(c2ccccc2)c2ccccc2B5c2ccccc2O3)cc1. The minimum absolute atomic E-state index is 0.0114. The molecule has 0 bridgehead atoms. The maximum atomic E-state index is 6.89. The first kappa shape index (κ1) is 28.2. The first-order valence-electron chi connectivity index (χ1n) is 17.4. The van der Waals surface area contributed by atoms with Crippen molar-refractivity contribution in [3.8, 4) is 11.5 Å². The van der Waals surface area contributed by atoms with Gasteiger partial charge in [-0.15, -0.1) is 0 Å². The second-order valence-corrected chi connectivity index (χ2v) is 13.3. The van der Waals surface area contributed by atoms with Gasteiger partial charge in [-0.25, -0.2) is 0 Å². The molecule has 0 fully saturated rings. The van der Waals surface area contributed by atoms with E-state index in [0.29, 0.717) is 0 Å². The van der Waals surface area contributed by atoms with Crippen LogP contribution in [-0.2, 0) is 0 Å². The van der Waals surface area contributed by atoms with Crippen LogP contribution in [0.25, 0.3) is 32.7 Å². The molecule has 0 amide bonds.